The van der Waals surface area contributed by atoms with Crippen molar-refractivity contribution in [1.29, 1.82) is 0 Å². The Labute approximate surface area is 107 Å². The summed E-state index contributed by atoms with van der Waals surface area (Å²) in [7, 11) is 1.91. The third-order valence-electron chi connectivity index (χ3n) is 2.97. The highest BCUT2D eigenvalue weighted by atomic mass is 16.5. The van der Waals surface area contributed by atoms with Crippen molar-refractivity contribution in [2.45, 2.75) is 20.3 Å². The molecule has 4 heteroatoms. The van der Waals surface area contributed by atoms with Crippen molar-refractivity contribution in [2.24, 2.45) is 7.05 Å². The van der Waals surface area contributed by atoms with Crippen LogP contribution < -0.4 is 10.5 Å². The molecule has 0 radical (unpaired) electrons. The Kier molecular flexibility index (Phi) is 3.55. The molecule has 0 bridgehead atoms. The number of aromatic nitrogens is 2. The zero-order valence-corrected chi connectivity index (χ0v) is 11.1. The first-order valence-corrected chi connectivity index (χ1v) is 6.03. The van der Waals surface area contributed by atoms with Crippen molar-refractivity contribution in [1.82, 2.24) is 9.78 Å². The van der Waals surface area contributed by atoms with Gasteiger partial charge in [-0.2, -0.15) is 5.10 Å². The summed E-state index contributed by atoms with van der Waals surface area (Å²) in [5.74, 6) is 0.863. The highest BCUT2D eigenvalue weighted by molar-refractivity contribution is 5.54. The van der Waals surface area contributed by atoms with E-state index in [1.54, 1.807) is 4.68 Å². The number of benzene rings is 1. The fourth-order valence-corrected chi connectivity index (χ4v) is 1.88. The summed E-state index contributed by atoms with van der Waals surface area (Å²) in [6.07, 6.45) is 4.71. The lowest BCUT2D eigenvalue weighted by Gasteiger charge is -2.11. The average molecular weight is 245 g/mol. The van der Waals surface area contributed by atoms with Crippen LogP contribution >= 0.6 is 0 Å². The van der Waals surface area contributed by atoms with Gasteiger partial charge in [0.05, 0.1) is 12.8 Å². The molecular formula is C14H19N3O. The van der Waals surface area contributed by atoms with Crippen LogP contribution in [0.15, 0.2) is 24.5 Å². The summed E-state index contributed by atoms with van der Waals surface area (Å²) in [6.45, 7) is 4.67. The van der Waals surface area contributed by atoms with Gasteiger partial charge in [0.2, 0.25) is 0 Å². The van der Waals surface area contributed by atoms with Crippen LogP contribution in [0, 0.1) is 13.8 Å². The first kappa shape index (κ1) is 12.5. The lowest BCUT2D eigenvalue weighted by molar-refractivity contribution is 0.320. The molecule has 4 nitrogen and oxygen atoms in total. The number of nitrogens with two attached hydrogens (primary N) is 1. The molecule has 0 spiro atoms. The smallest absolute Gasteiger partial charge is 0.124 e. The highest BCUT2D eigenvalue weighted by Gasteiger charge is 2.04. The van der Waals surface area contributed by atoms with Crippen LogP contribution in [0.3, 0.4) is 0 Å². The second-order valence-corrected chi connectivity index (χ2v) is 4.60. The summed E-state index contributed by atoms with van der Waals surface area (Å²) in [6, 6.07) is 3.95. The number of hydrogen-bond donors (Lipinski definition) is 1. The van der Waals surface area contributed by atoms with Gasteiger partial charge in [0.15, 0.2) is 0 Å². The van der Waals surface area contributed by atoms with Crippen LogP contribution in [-0.4, -0.2) is 16.4 Å². The van der Waals surface area contributed by atoms with Crippen LogP contribution in [0.1, 0.15) is 16.7 Å². The van der Waals surface area contributed by atoms with Gasteiger partial charge in [0.25, 0.3) is 0 Å². The van der Waals surface area contributed by atoms with E-state index in [0.717, 1.165) is 29.0 Å². The minimum absolute atomic E-state index is 0.634. The van der Waals surface area contributed by atoms with Gasteiger partial charge in [-0.1, -0.05) is 6.07 Å². The quantitative estimate of drug-likeness (QED) is 0.840. The predicted octanol–water partition coefficient (Wildman–Crippen LogP) is 2.24. The molecule has 2 rings (SSSR count). The molecule has 0 aliphatic rings. The zero-order valence-electron chi connectivity index (χ0n) is 11.1. The molecule has 0 saturated heterocycles. The lowest BCUT2D eigenvalue weighted by atomic mass is 10.1. The maximum absolute atomic E-state index is 5.88. The lowest BCUT2D eigenvalue weighted by Crippen LogP contribution is -2.03. The standard InChI is InChI=1S/C14H19N3O/c1-10-6-11(2)14(7-13(10)15)18-5-4-12-8-16-17(3)9-12/h6-9H,4-5,15H2,1-3H3. The molecule has 0 saturated carbocycles. The summed E-state index contributed by atoms with van der Waals surface area (Å²) in [4.78, 5) is 0. The Morgan fingerprint density at radius 2 is 2.06 bits per heavy atom. The maximum atomic E-state index is 5.88. The average Bonchev–Trinajstić information content (AvgIpc) is 2.71. The van der Waals surface area contributed by atoms with Crippen molar-refractivity contribution in [3.8, 4) is 5.75 Å². The van der Waals surface area contributed by atoms with E-state index in [2.05, 4.69) is 11.2 Å². The number of ether oxygens (including phenoxy) is 1. The van der Waals surface area contributed by atoms with Crippen LogP contribution in [0.4, 0.5) is 5.69 Å². The van der Waals surface area contributed by atoms with E-state index in [1.165, 1.54) is 5.56 Å². The maximum Gasteiger partial charge on any atom is 0.124 e. The van der Waals surface area contributed by atoms with Gasteiger partial charge in [-0.15, -0.1) is 0 Å². The zero-order chi connectivity index (χ0) is 13.1. The molecule has 0 aliphatic carbocycles. The van der Waals surface area contributed by atoms with E-state index >= 15 is 0 Å². The minimum Gasteiger partial charge on any atom is -0.493 e. The van der Waals surface area contributed by atoms with Crippen molar-refractivity contribution in [3.63, 3.8) is 0 Å². The molecule has 2 aromatic rings. The number of nitrogen functional groups attached to an aromatic ring is 1. The molecule has 0 amide bonds. The molecular weight excluding hydrogens is 226 g/mol. The molecule has 0 atom stereocenters. The third kappa shape index (κ3) is 2.83. The Bertz CT molecular complexity index is 546. The van der Waals surface area contributed by atoms with E-state index in [9.17, 15) is 0 Å². The van der Waals surface area contributed by atoms with Gasteiger partial charge in [0.1, 0.15) is 5.75 Å². The summed E-state index contributed by atoms with van der Waals surface area (Å²) < 4.78 is 7.56. The first-order valence-electron chi connectivity index (χ1n) is 6.03. The Morgan fingerprint density at radius 3 is 2.72 bits per heavy atom. The fraction of sp³-hybridized carbons (Fsp3) is 0.357. The highest BCUT2D eigenvalue weighted by Crippen LogP contribution is 2.24. The number of hydrogen-bond acceptors (Lipinski definition) is 3. The third-order valence-corrected chi connectivity index (χ3v) is 2.97. The van der Waals surface area contributed by atoms with Gasteiger partial charge >= 0.3 is 0 Å². The van der Waals surface area contributed by atoms with Crippen LogP contribution in [0.5, 0.6) is 5.75 Å². The molecule has 96 valence electrons. The second kappa shape index (κ2) is 5.12. The summed E-state index contributed by atoms with van der Waals surface area (Å²) in [5, 5.41) is 4.13. The number of aryl methyl sites for hydroxylation is 3. The molecule has 1 heterocycles. The Morgan fingerprint density at radius 1 is 1.28 bits per heavy atom. The Hall–Kier alpha value is -1.97. The molecule has 0 aliphatic heterocycles. The van der Waals surface area contributed by atoms with Crippen LogP contribution in [0.25, 0.3) is 0 Å². The second-order valence-electron chi connectivity index (χ2n) is 4.60. The van der Waals surface area contributed by atoms with E-state index in [4.69, 9.17) is 10.5 Å². The van der Waals surface area contributed by atoms with Crippen molar-refractivity contribution >= 4 is 5.69 Å². The molecule has 1 aromatic heterocycles. The normalized spacial score (nSPS) is 10.6. The number of anilines is 1. The molecule has 0 fully saturated rings. The van der Waals surface area contributed by atoms with Gasteiger partial charge < -0.3 is 10.5 Å². The molecule has 0 unspecified atom stereocenters. The number of rotatable bonds is 4. The van der Waals surface area contributed by atoms with Crippen molar-refractivity contribution in [2.75, 3.05) is 12.3 Å². The summed E-state index contributed by atoms with van der Waals surface area (Å²) in [5.41, 5.74) is 10.0. The van der Waals surface area contributed by atoms with E-state index in [0.29, 0.717) is 6.61 Å². The Balaban J connectivity index is 1.96. The van der Waals surface area contributed by atoms with Gasteiger partial charge in [-0.3, -0.25) is 4.68 Å². The largest absolute Gasteiger partial charge is 0.493 e. The monoisotopic (exact) mass is 245 g/mol. The van der Waals surface area contributed by atoms with E-state index in [1.807, 2.05) is 39.4 Å². The van der Waals surface area contributed by atoms with E-state index in [-0.39, 0.29) is 0 Å². The van der Waals surface area contributed by atoms with Crippen LogP contribution in [0.2, 0.25) is 0 Å². The molecule has 1 aromatic carbocycles. The first-order chi connectivity index (χ1) is 8.56. The topological polar surface area (TPSA) is 53.1 Å². The van der Waals surface area contributed by atoms with E-state index < -0.39 is 0 Å². The molecule has 2 N–H and O–H groups in total. The number of nitrogens with zero attached hydrogens (tertiary/aromatic N) is 2. The van der Waals surface area contributed by atoms with Gasteiger partial charge in [-0.25, -0.2) is 0 Å². The molecule has 18 heavy (non-hydrogen) atoms. The van der Waals surface area contributed by atoms with Gasteiger partial charge in [-0.05, 0) is 30.5 Å². The summed E-state index contributed by atoms with van der Waals surface area (Å²) >= 11 is 0. The minimum atomic E-state index is 0.634. The van der Waals surface area contributed by atoms with Crippen LogP contribution in [-0.2, 0) is 13.5 Å². The van der Waals surface area contributed by atoms with Gasteiger partial charge in [0, 0.05) is 31.4 Å². The SMILES string of the molecule is Cc1cc(C)c(OCCc2cnn(C)c2)cc1N. The van der Waals surface area contributed by atoms with Crippen molar-refractivity contribution in [3.05, 3.63) is 41.2 Å². The fourth-order valence-electron chi connectivity index (χ4n) is 1.88. The predicted molar refractivity (Wildman–Crippen MR) is 72.7 cm³/mol. The van der Waals surface area contributed by atoms with Crippen molar-refractivity contribution < 1.29 is 4.74 Å².